The fraction of sp³-hybridized carbons (Fsp3) is 0.0690. The van der Waals surface area contributed by atoms with E-state index < -0.39 is 10.0 Å². The molecule has 5 rings (SSSR count). The highest BCUT2D eigenvalue weighted by Gasteiger charge is 2.20. The molecule has 1 unspecified atom stereocenters. The van der Waals surface area contributed by atoms with Crippen molar-refractivity contribution in [3.63, 3.8) is 0 Å². The van der Waals surface area contributed by atoms with Crippen molar-refractivity contribution in [3.05, 3.63) is 127 Å². The minimum Gasteiger partial charge on any atom is -0.378 e. The number of fused-ring (bicyclic) bond motifs is 1. The van der Waals surface area contributed by atoms with E-state index in [9.17, 15) is 13.2 Å². The first-order chi connectivity index (χ1) is 18.0. The van der Waals surface area contributed by atoms with Crippen LogP contribution < -0.4 is 10.0 Å². The monoisotopic (exact) mass is 508 g/mol. The van der Waals surface area contributed by atoms with E-state index in [1.807, 2.05) is 72.8 Å². The zero-order valence-electron chi connectivity index (χ0n) is 19.8. The minimum atomic E-state index is -3.84. The van der Waals surface area contributed by atoms with Crippen LogP contribution in [0.1, 0.15) is 28.4 Å². The Hall–Kier alpha value is -4.56. The van der Waals surface area contributed by atoms with Crippen molar-refractivity contribution in [1.82, 2.24) is 9.97 Å². The Balaban J connectivity index is 1.38. The molecule has 0 amide bonds. The molecule has 0 aliphatic heterocycles. The van der Waals surface area contributed by atoms with Crippen LogP contribution in [0.5, 0.6) is 0 Å². The highest BCUT2D eigenvalue weighted by Crippen LogP contribution is 2.28. The molecular weight excluding hydrogens is 484 g/mol. The number of carbonyl (C=O) groups excluding carboxylic acids is 1. The van der Waals surface area contributed by atoms with Crippen molar-refractivity contribution < 1.29 is 13.2 Å². The second kappa shape index (κ2) is 10.6. The van der Waals surface area contributed by atoms with E-state index in [0.29, 0.717) is 11.3 Å². The third kappa shape index (κ3) is 5.65. The van der Waals surface area contributed by atoms with Gasteiger partial charge in [-0.3, -0.25) is 4.79 Å². The van der Waals surface area contributed by atoms with Gasteiger partial charge in [0.05, 0.1) is 10.9 Å². The second-order valence-electron chi connectivity index (χ2n) is 8.46. The predicted molar refractivity (Wildman–Crippen MR) is 145 cm³/mol. The number of carbonyl (C=O) groups is 1. The van der Waals surface area contributed by atoms with Crippen molar-refractivity contribution in [1.29, 1.82) is 0 Å². The van der Waals surface area contributed by atoms with Gasteiger partial charge in [0.15, 0.2) is 5.78 Å². The molecule has 0 saturated heterocycles. The summed E-state index contributed by atoms with van der Waals surface area (Å²) in [7, 11) is -3.84. The van der Waals surface area contributed by atoms with Crippen molar-refractivity contribution in [2.45, 2.75) is 17.4 Å². The molecule has 1 heterocycles. The smallest absolute Gasteiger partial charge is 0.264 e. The van der Waals surface area contributed by atoms with Crippen LogP contribution in [0.3, 0.4) is 0 Å². The lowest BCUT2D eigenvalue weighted by atomic mass is 9.94. The van der Waals surface area contributed by atoms with Gasteiger partial charge in [0.25, 0.3) is 10.0 Å². The fourth-order valence-corrected chi connectivity index (χ4v) is 5.12. The quantitative estimate of drug-likeness (QED) is 0.242. The van der Waals surface area contributed by atoms with Crippen LogP contribution in [0.15, 0.2) is 120 Å². The van der Waals surface area contributed by atoms with Crippen molar-refractivity contribution >= 4 is 38.2 Å². The standard InChI is InChI=1S/C29H24N4O3S/c34-28(26-13-6-11-21-8-4-5-12-25(21)26)20-27(22-9-2-1-3-10-22)32-23-14-16-24(17-15-23)37(35,36)33-29-30-18-7-19-31-29/h1-19,27,32H,20H2,(H,30,31,33). The third-order valence-electron chi connectivity index (χ3n) is 5.98. The molecule has 1 aromatic heterocycles. The van der Waals surface area contributed by atoms with Crippen LogP contribution >= 0.6 is 0 Å². The Morgan fingerprint density at radius 2 is 1.43 bits per heavy atom. The van der Waals surface area contributed by atoms with Crippen LogP contribution in [-0.2, 0) is 10.0 Å². The molecule has 0 radical (unpaired) electrons. The van der Waals surface area contributed by atoms with E-state index in [0.717, 1.165) is 16.3 Å². The fourth-order valence-electron chi connectivity index (χ4n) is 4.16. The number of rotatable bonds is 9. The van der Waals surface area contributed by atoms with Crippen LogP contribution in [0, 0.1) is 0 Å². The first-order valence-electron chi connectivity index (χ1n) is 11.7. The van der Waals surface area contributed by atoms with Gasteiger partial charge in [-0.2, -0.15) is 0 Å². The summed E-state index contributed by atoms with van der Waals surface area (Å²) in [5.74, 6) is 0.0187. The minimum absolute atomic E-state index is 0.000733. The lowest BCUT2D eigenvalue weighted by Crippen LogP contribution is -2.17. The molecule has 0 aliphatic carbocycles. The molecule has 184 valence electrons. The van der Waals surface area contributed by atoms with Gasteiger partial charge in [-0.15, -0.1) is 0 Å². The van der Waals surface area contributed by atoms with E-state index in [4.69, 9.17) is 0 Å². The number of sulfonamides is 1. The summed E-state index contributed by atoms with van der Waals surface area (Å²) >= 11 is 0. The second-order valence-corrected chi connectivity index (χ2v) is 10.1. The van der Waals surface area contributed by atoms with Gasteiger partial charge in [-0.05, 0) is 46.7 Å². The molecular formula is C29H24N4O3S. The Kier molecular flexibility index (Phi) is 6.91. The molecule has 0 aliphatic rings. The van der Waals surface area contributed by atoms with E-state index >= 15 is 0 Å². The third-order valence-corrected chi connectivity index (χ3v) is 7.32. The molecule has 2 N–H and O–H groups in total. The number of nitrogens with one attached hydrogen (secondary N) is 2. The molecule has 0 fully saturated rings. The lowest BCUT2D eigenvalue weighted by Gasteiger charge is -2.21. The average Bonchev–Trinajstić information content (AvgIpc) is 2.93. The molecule has 5 aromatic rings. The Morgan fingerprint density at radius 1 is 0.757 bits per heavy atom. The van der Waals surface area contributed by atoms with Gasteiger partial charge in [0.2, 0.25) is 5.95 Å². The first-order valence-corrected chi connectivity index (χ1v) is 13.2. The highest BCUT2D eigenvalue weighted by molar-refractivity contribution is 7.92. The van der Waals surface area contributed by atoms with Crippen LogP contribution in [-0.4, -0.2) is 24.2 Å². The number of benzene rings is 4. The zero-order valence-corrected chi connectivity index (χ0v) is 20.6. The molecule has 7 nitrogen and oxygen atoms in total. The van der Waals surface area contributed by atoms with E-state index in [-0.39, 0.29) is 29.1 Å². The molecule has 0 spiro atoms. The molecule has 8 heteroatoms. The number of Topliss-reactive ketones (excluding diaryl/α,β-unsaturated/α-hetero) is 1. The summed E-state index contributed by atoms with van der Waals surface area (Å²) in [5, 5.41) is 5.35. The number of aromatic nitrogens is 2. The normalized spacial score (nSPS) is 12.1. The molecule has 0 saturated carbocycles. The van der Waals surface area contributed by atoms with Crippen molar-refractivity contribution in [2.24, 2.45) is 0 Å². The van der Waals surface area contributed by atoms with Crippen molar-refractivity contribution in [3.8, 4) is 0 Å². The molecule has 1 atom stereocenters. The van der Waals surface area contributed by atoms with Gasteiger partial charge in [0.1, 0.15) is 0 Å². The SMILES string of the molecule is O=C(CC(Nc1ccc(S(=O)(=O)Nc2ncccn2)cc1)c1ccccc1)c1cccc2ccccc12. The summed E-state index contributed by atoms with van der Waals surface area (Å²) in [4.78, 5) is 21.3. The molecule has 0 bridgehead atoms. The average molecular weight is 509 g/mol. The van der Waals surface area contributed by atoms with Gasteiger partial charge in [0, 0.05) is 30.1 Å². The number of ketones is 1. The lowest BCUT2D eigenvalue weighted by molar-refractivity contribution is 0.0978. The highest BCUT2D eigenvalue weighted by atomic mass is 32.2. The van der Waals surface area contributed by atoms with Gasteiger partial charge >= 0.3 is 0 Å². The zero-order chi connectivity index (χ0) is 25.7. The Labute approximate surface area is 215 Å². The number of hydrogen-bond acceptors (Lipinski definition) is 6. The maximum absolute atomic E-state index is 13.5. The summed E-state index contributed by atoms with van der Waals surface area (Å²) < 4.78 is 27.8. The Bertz CT molecular complexity index is 1620. The maximum Gasteiger partial charge on any atom is 0.264 e. The van der Waals surface area contributed by atoms with Crippen LogP contribution in [0.4, 0.5) is 11.6 Å². The van der Waals surface area contributed by atoms with Crippen LogP contribution in [0.25, 0.3) is 10.8 Å². The molecule has 4 aromatic carbocycles. The van der Waals surface area contributed by atoms with Crippen molar-refractivity contribution in [2.75, 3.05) is 10.0 Å². The summed E-state index contributed by atoms with van der Waals surface area (Å²) in [6.07, 6.45) is 3.15. The number of hydrogen-bond donors (Lipinski definition) is 2. The first kappa shape index (κ1) is 24.1. The van der Waals surface area contributed by atoms with E-state index in [1.165, 1.54) is 24.5 Å². The number of nitrogens with zero attached hydrogens (tertiary/aromatic N) is 2. The van der Waals surface area contributed by atoms with E-state index in [2.05, 4.69) is 20.0 Å². The van der Waals surface area contributed by atoms with Gasteiger partial charge < -0.3 is 5.32 Å². The summed E-state index contributed by atoms with van der Waals surface area (Å²) in [6.45, 7) is 0. The van der Waals surface area contributed by atoms with Gasteiger partial charge in [-0.1, -0.05) is 72.8 Å². The van der Waals surface area contributed by atoms with E-state index in [1.54, 1.807) is 18.2 Å². The predicted octanol–water partition coefficient (Wildman–Crippen LogP) is 5.86. The summed E-state index contributed by atoms with van der Waals surface area (Å²) in [5.41, 5.74) is 2.32. The number of anilines is 2. The van der Waals surface area contributed by atoms with Crippen LogP contribution in [0.2, 0.25) is 0 Å². The molecule has 37 heavy (non-hydrogen) atoms. The largest absolute Gasteiger partial charge is 0.378 e. The summed E-state index contributed by atoms with van der Waals surface area (Å²) in [6, 6.07) is 31.0. The van der Waals surface area contributed by atoms with Gasteiger partial charge in [-0.25, -0.2) is 23.1 Å². The maximum atomic E-state index is 13.5. The topological polar surface area (TPSA) is 101 Å². The Morgan fingerprint density at radius 3 is 2.19 bits per heavy atom.